The van der Waals surface area contributed by atoms with E-state index in [0.29, 0.717) is 11.6 Å². The van der Waals surface area contributed by atoms with E-state index in [1.54, 1.807) is 6.07 Å². The Labute approximate surface area is 200 Å². The lowest BCUT2D eigenvalue weighted by molar-refractivity contribution is 0.425. The fraction of sp³-hybridized carbons (Fsp3) is 0.172. The van der Waals surface area contributed by atoms with E-state index in [9.17, 15) is 8.42 Å². The van der Waals surface area contributed by atoms with E-state index in [1.165, 1.54) is 11.1 Å². The molecule has 0 amide bonds. The standard InChI is InChI=1S/C29H26N2O2S/c1-19-12-14-21(15-13-19)29-25-10-5-9-24(25)26-18-22(16-17-27(26)30-29)34(32,33)31-28-11-4-7-20-6-2-3-8-23(20)28/h2-9,11-18,24-25,29-31H,10H2,1H3/t24-,25+,29+/m0/s1. The highest BCUT2D eigenvalue weighted by Crippen LogP contribution is 2.50. The van der Waals surface area contributed by atoms with Crippen LogP contribution in [0.5, 0.6) is 0 Å². The van der Waals surface area contributed by atoms with Gasteiger partial charge in [-0.15, -0.1) is 0 Å². The van der Waals surface area contributed by atoms with E-state index >= 15 is 0 Å². The first-order valence-corrected chi connectivity index (χ1v) is 13.1. The number of anilines is 2. The van der Waals surface area contributed by atoms with Crippen LogP contribution in [0.25, 0.3) is 10.8 Å². The topological polar surface area (TPSA) is 58.2 Å². The van der Waals surface area contributed by atoms with Gasteiger partial charge in [0.1, 0.15) is 0 Å². The minimum Gasteiger partial charge on any atom is -0.378 e. The summed E-state index contributed by atoms with van der Waals surface area (Å²) < 4.78 is 29.6. The van der Waals surface area contributed by atoms with Crippen molar-refractivity contribution in [3.63, 3.8) is 0 Å². The molecule has 3 atom stereocenters. The highest BCUT2D eigenvalue weighted by atomic mass is 32.2. The van der Waals surface area contributed by atoms with Gasteiger partial charge in [-0.3, -0.25) is 4.72 Å². The third-order valence-corrected chi connectivity index (χ3v) is 8.48. The molecule has 2 aliphatic rings. The van der Waals surface area contributed by atoms with Crippen LogP contribution < -0.4 is 10.0 Å². The summed E-state index contributed by atoms with van der Waals surface area (Å²) in [6.45, 7) is 2.10. The monoisotopic (exact) mass is 466 g/mol. The van der Waals surface area contributed by atoms with E-state index in [1.807, 2.05) is 54.6 Å². The molecule has 4 aromatic rings. The smallest absolute Gasteiger partial charge is 0.261 e. The molecule has 0 fully saturated rings. The van der Waals surface area contributed by atoms with Crippen LogP contribution in [-0.4, -0.2) is 8.42 Å². The maximum absolute atomic E-state index is 13.4. The molecule has 0 aromatic heterocycles. The van der Waals surface area contributed by atoms with Crippen molar-refractivity contribution in [1.82, 2.24) is 0 Å². The van der Waals surface area contributed by atoms with Gasteiger partial charge in [0, 0.05) is 17.0 Å². The number of benzene rings is 4. The number of nitrogens with one attached hydrogen (secondary N) is 2. The number of rotatable bonds is 4. The minimum atomic E-state index is -3.74. The van der Waals surface area contributed by atoms with Gasteiger partial charge in [0.2, 0.25) is 0 Å². The second kappa shape index (κ2) is 8.03. The van der Waals surface area contributed by atoms with Crippen molar-refractivity contribution < 1.29 is 8.42 Å². The van der Waals surface area contributed by atoms with Crippen molar-refractivity contribution in [2.45, 2.75) is 30.2 Å². The van der Waals surface area contributed by atoms with Crippen molar-refractivity contribution in [3.05, 3.63) is 114 Å². The Morgan fingerprint density at radius 3 is 2.56 bits per heavy atom. The Morgan fingerprint density at radius 1 is 0.912 bits per heavy atom. The zero-order valence-electron chi connectivity index (χ0n) is 18.9. The van der Waals surface area contributed by atoms with Crippen LogP contribution in [0, 0.1) is 12.8 Å². The molecule has 0 radical (unpaired) electrons. The molecule has 0 unspecified atom stereocenters. The maximum Gasteiger partial charge on any atom is 0.261 e. The van der Waals surface area contributed by atoms with Gasteiger partial charge in [0.25, 0.3) is 10.0 Å². The van der Waals surface area contributed by atoms with Crippen LogP contribution in [0.4, 0.5) is 11.4 Å². The van der Waals surface area contributed by atoms with E-state index < -0.39 is 10.0 Å². The highest BCUT2D eigenvalue weighted by molar-refractivity contribution is 7.92. The van der Waals surface area contributed by atoms with Crippen LogP contribution in [0.15, 0.2) is 102 Å². The number of hydrogen-bond donors (Lipinski definition) is 2. The SMILES string of the molecule is Cc1ccc([C@H]2Nc3ccc(S(=O)(=O)Nc4cccc5ccccc45)cc3[C@H]3C=CC[C@H]32)cc1. The third kappa shape index (κ3) is 3.57. The molecule has 4 nitrogen and oxygen atoms in total. The van der Waals surface area contributed by atoms with Crippen LogP contribution in [0.2, 0.25) is 0 Å². The zero-order valence-corrected chi connectivity index (χ0v) is 19.7. The number of sulfonamides is 1. The van der Waals surface area contributed by atoms with Gasteiger partial charge in [0.05, 0.1) is 16.6 Å². The molecule has 34 heavy (non-hydrogen) atoms. The first-order chi connectivity index (χ1) is 16.5. The quantitative estimate of drug-likeness (QED) is 0.326. The molecule has 170 valence electrons. The molecule has 6 rings (SSSR count). The Morgan fingerprint density at radius 2 is 1.71 bits per heavy atom. The van der Waals surface area contributed by atoms with Gasteiger partial charge in [0.15, 0.2) is 0 Å². The van der Waals surface area contributed by atoms with Crippen molar-refractivity contribution in [3.8, 4) is 0 Å². The van der Waals surface area contributed by atoms with Gasteiger partial charge in [-0.25, -0.2) is 8.42 Å². The van der Waals surface area contributed by atoms with Crippen LogP contribution in [0.3, 0.4) is 0 Å². The molecule has 4 aromatic carbocycles. The molecule has 0 saturated carbocycles. The second-order valence-corrected chi connectivity index (χ2v) is 10.9. The van der Waals surface area contributed by atoms with E-state index in [4.69, 9.17) is 0 Å². The van der Waals surface area contributed by atoms with Crippen molar-refractivity contribution in [1.29, 1.82) is 0 Å². The molecule has 1 aliphatic heterocycles. The summed E-state index contributed by atoms with van der Waals surface area (Å²) >= 11 is 0. The molecule has 5 heteroatoms. The summed E-state index contributed by atoms with van der Waals surface area (Å²) in [5.74, 6) is 0.550. The van der Waals surface area contributed by atoms with Crippen LogP contribution in [-0.2, 0) is 10.0 Å². The lowest BCUT2D eigenvalue weighted by Crippen LogP contribution is -2.29. The lowest BCUT2D eigenvalue weighted by atomic mass is 9.77. The van der Waals surface area contributed by atoms with E-state index in [2.05, 4.69) is 53.4 Å². The molecule has 2 N–H and O–H groups in total. The minimum absolute atomic E-state index is 0.190. The van der Waals surface area contributed by atoms with Gasteiger partial charge in [-0.1, -0.05) is 78.4 Å². The normalized spacial score (nSPS) is 21.0. The molecule has 1 heterocycles. The number of fused-ring (bicyclic) bond motifs is 4. The predicted octanol–water partition coefficient (Wildman–Crippen LogP) is 6.78. The molecule has 0 bridgehead atoms. The summed E-state index contributed by atoms with van der Waals surface area (Å²) in [6, 6.07) is 27.8. The molecule has 1 aliphatic carbocycles. The Kier molecular flexibility index (Phi) is 4.96. The summed E-state index contributed by atoms with van der Waals surface area (Å²) in [5.41, 5.74) is 5.15. The molecular weight excluding hydrogens is 440 g/mol. The average Bonchev–Trinajstić information content (AvgIpc) is 3.34. The van der Waals surface area contributed by atoms with Gasteiger partial charge >= 0.3 is 0 Å². The third-order valence-electron chi connectivity index (χ3n) is 7.11. The number of allylic oxidation sites excluding steroid dienone is 2. The molecule has 0 saturated heterocycles. The van der Waals surface area contributed by atoms with Crippen molar-refractivity contribution in [2.75, 3.05) is 10.0 Å². The van der Waals surface area contributed by atoms with Crippen molar-refractivity contribution in [2.24, 2.45) is 5.92 Å². The van der Waals surface area contributed by atoms with Crippen LogP contribution >= 0.6 is 0 Å². The summed E-state index contributed by atoms with van der Waals surface area (Å²) in [7, 11) is -3.74. The lowest BCUT2D eigenvalue weighted by Gasteiger charge is -2.37. The largest absolute Gasteiger partial charge is 0.378 e. The summed E-state index contributed by atoms with van der Waals surface area (Å²) in [5, 5.41) is 5.58. The zero-order chi connectivity index (χ0) is 23.3. The summed E-state index contributed by atoms with van der Waals surface area (Å²) in [4.78, 5) is 0.286. The fourth-order valence-electron chi connectivity index (χ4n) is 5.36. The Balaban J connectivity index is 1.36. The van der Waals surface area contributed by atoms with Crippen molar-refractivity contribution >= 4 is 32.2 Å². The molecule has 0 spiro atoms. The highest BCUT2D eigenvalue weighted by Gasteiger charge is 2.38. The van der Waals surface area contributed by atoms with E-state index in [-0.39, 0.29) is 16.9 Å². The van der Waals surface area contributed by atoms with Gasteiger partial charge < -0.3 is 5.32 Å². The Bertz CT molecular complexity index is 1520. The maximum atomic E-state index is 13.4. The first-order valence-electron chi connectivity index (χ1n) is 11.6. The summed E-state index contributed by atoms with van der Waals surface area (Å²) in [6.07, 6.45) is 5.43. The van der Waals surface area contributed by atoms with E-state index in [0.717, 1.165) is 28.4 Å². The first kappa shape index (κ1) is 21.0. The van der Waals surface area contributed by atoms with Crippen LogP contribution in [0.1, 0.15) is 35.1 Å². The molecular formula is C29H26N2O2S. The Hall–Kier alpha value is -3.57. The average molecular weight is 467 g/mol. The second-order valence-electron chi connectivity index (χ2n) is 9.27. The van der Waals surface area contributed by atoms with Gasteiger partial charge in [-0.2, -0.15) is 0 Å². The van der Waals surface area contributed by atoms with Gasteiger partial charge in [-0.05, 0) is 60.0 Å². The number of aryl methyl sites for hydroxylation is 1. The predicted molar refractivity (Wildman–Crippen MR) is 139 cm³/mol. The fourth-order valence-corrected chi connectivity index (χ4v) is 6.48. The number of hydrogen-bond acceptors (Lipinski definition) is 3.